The number of ether oxygens (including phenoxy) is 1. The lowest BCUT2D eigenvalue weighted by molar-refractivity contribution is -0.126. The van der Waals surface area contributed by atoms with Crippen LogP contribution >= 0.6 is 0 Å². The molecular weight excluding hydrogens is 268 g/mol. The standard InChI is InChI=1S/C16H22N2O3/c1-16(2,3)18-15(20)13-9-12(13)14(19)17-10-5-7-11(21-4)8-6-10/h5-8,12-13H,9H2,1-4H3,(H,17,19)(H,18,20). The molecule has 0 aliphatic heterocycles. The van der Waals surface area contributed by atoms with Gasteiger partial charge in [0.05, 0.1) is 18.9 Å². The molecule has 0 aromatic heterocycles. The summed E-state index contributed by atoms with van der Waals surface area (Å²) in [6, 6.07) is 7.13. The zero-order valence-corrected chi connectivity index (χ0v) is 12.9. The highest BCUT2D eigenvalue weighted by atomic mass is 16.5. The third kappa shape index (κ3) is 4.21. The maximum atomic E-state index is 12.1. The number of amides is 2. The number of carbonyl (C=O) groups excluding carboxylic acids is 2. The van der Waals surface area contributed by atoms with Crippen LogP contribution in [0, 0.1) is 11.8 Å². The van der Waals surface area contributed by atoms with Crippen LogP contribution in [0.15, 0.2) is 24.3 Å². The van der Waals surface area contributed by atoms with Gasteiger partial charge in [0.15, 0.2) is 0 Å². The molecular formula is C16H22N2O3. The van der Waals surface area contributed by atoms with E-state index in [-0.39, 0.29) is 29.2 Å². The van der Waals surface area contributed by atoms with Crippen molar-refractivity contribution in [1.29, 1.82) is 0 Å². The van der Waals surface area contributed by atoms with Gasteiger partial charge in [-0.2, -0.15) is 0 Å². The molecule has 1 saturated carbocycles. The Hall–Kier alpha value is -2.04. The summed E-state index contributed by atoms with van der Waals surface area (Å²) in [7, 11) is 1.59. The van der Waals surface area contributed by atoms with Crippen molar-refractivity contribution in [2.75, 3.05) is 12.4 Å². The number of methoxy groups -OCH3 is 1. The van der Waals surface area contributed by atoms with E-state index in [0.717, 1.165) is 5.75 Å². The van der Waals surface area contributed by atoms with Gasteiger partial charge in [0.1, 0.15) is 5.75 Å². The average molecular weight is 290 g/mol. The van der Waals surface area contributed by atoms with Crippen molar-refractivity contribution in [3.05, 3.63) is 24.3 Å². The van der Waals surface area contributed by atoms with Gasteiger partial charge in [-0.1, -0.05) is 0 Å². The highest BCUT2D eigenvalue weighted by molar-refractivity contribution is 5.99. The molecule has 2 N–H and O–H groups in total. The largest absolute Gasteiger partial charge is 0.497 e. The Balaban J connectivity index is 1.86. The number of nitrogens with one attached hydrogen (secondary N) is 2. The molecule has 1 aliphatic carbocycles. The highest BCUT2D eigenvalue weighted by Gasteiger charge is 2.48. The molecule has 21 heavy (non-hydrogen) atoms. The minimum atomic E-state index is -0.267. The Morgan fingerprint density at radius 1 is 1.10 bits per heavy atom. The van der Waals surface area contributed by atoms with Crippen LogP contribution in [0.1, 0.15) is 27.2 Å². The summed E-state index contributed by atoms with van der Waals surface area (Å²) in [5, 5.41) is 5.74. The van der Waals surface area contributed by atoms with Crippen LogP contribution in [0.3, 0.4) is 0 Å². The minimum absolute atomic E-state index is 0.0441. The molecule has 1 aromatic carbocycles. The molecule has 1 aliphatic rings. The van der Waals surface area contributed by atoms with E-state index in [4.69, 9.17) is 4.74 Å². The highest BCUT2D eigenvalue weighted by Crippen LogP contribution is 2.39. The molecule has 2 rings (SSSR count). The Kier molecular flexibility index (Phi) is 4.21. The van der Waals surface area contributed by atoms with Crippen LogP contribution in [0.25, 0.3) is 0 Å². The first-order valence-electron chi connectivity index (χ1n) is 7.07. The molecule has 5 heteroatoms. The van der Waals surface area contributed by atoms with Crippen molar-refractivity contribution in [2.45, 2.75) is 32.7 Å². The van der Waals surface area contributed by atoms with E-state index in [2.05, 4.69) is 10.6 Å². The van der Waals surface area contributed by atoms with Crippen LogP contribution in [0.5, 0.6) is 5.75 Å². The van der Waals surface area contributed by atoms with Crippen molar-refractivity contribution in [3.63, 3.8) is 0 Å². The molecule has 0 spiro atoms. The van der Waals surface area contributed by atoms with Crippen LogP contribution in [0.2, 0.25) is 0 Å². The Morgan fingerprint density at radius 3 is 2.19 bits per heavy atom. The van der Waals surface area contributed by atoms with E-state index in [0.29, 0.717) is 12.1 Å². The lowest BCUT2D eigenvalue weighted by atomic mass is 10.1. The van der Waals surface area contributed by atoms with E-state index < -0.39 is 0 Å². The van der Waals surface area contributed by atoms with Crippen molar-refractivity contribution < 1.29 is 14.3 Å². The first kappa shape index (κ1) is 15.4. The van der Waals surface area contributed by atoms with Gasteiger partial charge in [0.25, 0.3) is 0 Å². The topological polar surface area (TPSA) is 67.4 Å². The van der Waals surface area contributed by atoms with Crippen molar-refractivity contribution >= 4 is 17.5 Å². The van der Waals surface area contributed by atoms with Crippen LogP contribution in [-0.2, 0) is 9.59 Å². The quantitative estimate of drug-likeness (QED) is 0.893. The summed E-state index contributed by atoms with van der Waals surface area (Å²) < 4.78 is 5.06. The summed E-state index contributed by atoms with van der Waals surface area (Å²) in [4.78, 5) is 24.1. The maximum Gasteiger partial charge on any atom is 0.228 e. The van der Waals surface area contributed by atoms with Crippen LogP contribution in [0.4, 0.5) is 5.69 Å². The molecule has 0 radical (unpaired) electrons. The summed E-state index contributed by atoms with van der Waals surface area (Å²) in [6.45, 7) is 5.79. The fourth-order valence-electron chi connectivity index (χ4n) is 2.15. The third-order valence-corrected chi connectivity index (χ3v) is 3.32. The van der Waals surface area contributed by atoms with Gasteiger partial charge in [0.2, 0.25) is 11.8 Å². The smallest absolute Gasteiger partial charge is 0.228 e. The summed E-state index contributed by atoms with van der Waals surface area (Å²) in [6.07, 6.45) is 0.615. The summed E-state index contributed by atoms with van der Waals surface area (Å²) >= 11 is 0. The molecule has 1 fully saturated rings. The second-order valence-electron chi connectivity index (χ2n) is 6.41. The normalized spacial score (nSPS) is 20.6. The van der Waals surface area contributed by atoms with Crippen molar-refractivity contribution in [3.8, 4) is 5.75 Å². The molecule has 2 unspecified atom stereocenters. The number of hydrogen-bond donors (Lipinski definition) is 2. The fourth-order valence-corrected chi connectivity index (χ4v) is 2.15. The predicted molar refractivity (Wildman–Crippen MR) is 81.1 cm³/mol. The van der Waals surface area contributed by atoms with E-state index >= 15 is 0 Å². The minimum Gasteiger partial charge on any atom is -0.497 e. The zero-order valence-electron chi connectivity index (χ0n) is 12.9. The monoisotopic (exact) mass is 290 g/mol. The number of carbonyl (C=O) groups is 2. The van der Waals surface area contributed by atoms with Gasteiger partial charge >= 0.3 is 0 Å². The van der Waals surface area contributed by atoms with E-state index in [9.17, 15) is 9.59 Å². The average Bonchev–Trinajstić information content (AvgIpc) is 3.18. The summed E-state index contributed by atoms with van der Waals surface area (Å²) in [5.74, 6) is 0.158. The SMILES string of the molecule is COc1ccc(NC(=O)C2CC2C(=O)NC(C)(C)C)cc1. The lowest BCUT2D eigenvalue weighted by Crippen LogP contribution is -2.42. The second kappa shape index (κ2) is 5.76. The Labute approximate surface area is 125 Å². The van der Waals surface area contributed by atoms with Crippen molar-refractivity contribution in [1.82, 2.24) is 5.32 Å². The zero-order chi connectivity index (χ0) is 15.6. The second-order valence-corrected chi connectivity index (χ2v) is 6.41. The van der Waals surface area contributed by atoms with Crippen LogP contribution in [-0.4, -0.2) is 24.5 Å². The van der Waals surface area contributed by atoms with E-state index in [1.54, 1.807) is 31.4 Å². The molecule has 0 saturated heterocycles. The molecule has 0 heterocycles. The summed E-state index contributed by atoms with van der Waals surface area (Å²) in [5.41, 5.74) is 0.444. The van der Waals surface area contributed by atoms with Crippen molar-refractivity contribution in [2.24, 2.45) is 11.8 Å². The molecule has 2 amide bonds. The lowest BCUT2D eigenvalue weighted by Gasteiger charge is -2.20. The van der Waals surface area contributed by atoms with Gasteiger partial charge in [-0.3, -0.25) is 9.59 Å². The van der Waals surface area contributed by atoms with Gasteiger partial charge in [-0.25, -0.2) is 0 Å². The third-order valence-electron chi connectivity index (χ3n) is 3.32. The van der Waals surface area contributed by atoms with Gasteiger partial charge in [-0.05, 0) is 51.5 Å². The number of anilines is 1. The Morgan fingerprint density at radius 2 is 1.67 bits per heavy atom. The number of benzene rings is 1. The maximum absolute atomic E-state index is 12.1. The molecule has 114 valence electrons. The first-order chi connectivity index (χ1) is 9.80. The number of rotatable bonds is 4. The molecule has 2 atom stereocenters. The molecule has 1 aromatic rings. The Bertz CT molecular complexity index is 531. The number of hydrogen-bond acceptors (Lipinski definition) is 3. The van der Waals surface area contributed by atoms with Crippen LogP contribution < -0.4 is 15.4 Å². The molecule has 0 bridgehead atoms. The van der Waals surface area contributed by atoms with Gasteiger partial charge < -0.3 is 15.4 Å². The molecule has 5 nitrogen and oxygen atoms in total. The fraction of sp³-hybridized carbons (Fsp3) is 0.500. The van der Waals surface area contributed by atoms with Gasteiger partial charge in [0, 0.05) is 11.2 Å². The van der Waals surface area contributed by atoms with Gasteiger partial charge in [-0.15, -0.1) is 0 Å². The van der Waals surface area contributed by atoms with E-state index in [1.807, 2.05) is 20.8 Å². The van der Waals surface area contributed by atoms with E-state index in [1.165, 1.54) is 0 Å². The first-order valence-corrected chi connectivity index (χ1v) is 7.07. The predicted octanol–water partition coefficient (Wildman–Crippen LogP) is 2.18.